The third kappa shape index (κ3) is 4.13. The number of hydrogen-bond donors (Lipinski definition) is 2. The number of rotatable bonds is 8. The van der Waals surface area contributed by atoms with Crippen molar-refractivity contribution in [2.24, 2.45) is 11.7 Å². The standard InChI is InChI=1S/C15H23NO4/c1-4-11(15(17)18)12(16)7-5-10-6-8-13(19-2)14(9-10)20-3/h6,8-9,11-12H,4-5,7,16H2,1-3H3,(H,17,18)/t11?,12-/m1/s1. The van der Waals surface area contributed by atoms with Crippen LogP contribution in [0, 0.1) is 5.92 Å². The summed E-state index contributed by atoms with van der Waals surface area (Å²) in [6, 6.07) is 5.34. The first-order valence-corrected chi connectivity index (χ1v) is 6.72. The molecule has 0 spiro atoms. The molecule has 0 aliphatic carbocycles. The fourth-order valence-corrected chi connectivity index (χ4v) is 2.23. The van der Waals surface area contributed by atoms with Crippen molar-refractivity contribution >= 4 is 5.97 Å². The highest BCUT2D eigenvalue weighted by Gasteiger charge is 2.22. The second kappa shape index (κ2) is 7.75. The Labute approximate surface area is 119 Å². The third-order valence-electron chi connectivity index (χ3n) is 3.49. The number of nitrogens with two attached hydrogens (primary N) is 1. The summed E-state index contributed by atoms with van der Waals surface area (Å²) in [4.78, 5) is 11.1. The van der Waals surface area contributed by atoms with Crippen LogP contribution in [0.15, 0.2) is 18.2 Å². The van der Waals surface area contributed by atoms with E-state index in [1.165, 1.54) is 0 Å². The molecule has 3 N–H and O–H groups in total. The Morgan fingerprint density at radius 3 is 2.45 bits per heavy atom. The minimum atomic E-state index is -0.827. The van der Waals surface area contributed by atoms with E-state index in [-0.39, 0.29) is 6.04 Å². The maximum atomic E-state index is 11.1. The quantitative estimate of drug-likeness (QED) is 0.762. The lowest BCUT2D eigenvalue weighted by Crippen LogP contribution is -2.35. The van der Waals surface area contributed by atoms with Gasteiger partial charge in [0.15, 0.2) is 11.5 Å². The molecule has 1 aromatic rings. The van der Waals surface area contributed by atoms with Gasteiger partial charge in [0, 0.05) is 6.04 Å². The predicted molar refractivity (Wildman–Crippen MR) is 77.3 cm³/mol. The van der Waals surface area contributed by atoms with Crippen LogP contribution in [0.1, 0.15) is 25.3 Å². The average molecular weight is 281 g/mol. The molecule has 0 heterocycles. The number of carboxylic acids is 1. The van der Waals surface area contributed by atoms with Gasteiger partial charge in [-0.25, -0.2) is 0 Å². The lowest BCUT2D eigenvalue weighted by Gasteiger charge is -2.18. The first kappa shape index (κ1) is 16.3. The number of hydrogen-bond acceptors (Lipinski definition) is 4. The molecule has 0 fully saturated rings. The maximum absolute atomic E-state index is 11.1. The topological polar surface area (TPSA) is 81.8 Å². The van der Waals surface area contributed by atoms with E-state index < -0.39 is 11.9 Å². The van der Waals surface area contributed by atoms with Crippen molar-refractivity contribution in [1.82, 2.24) is 0 Å². The molecule has 0 aromatic heterocycles. The molecule has 20 heavy (non-hydrogen) atoms. The number of carboxylic acid groups (broad SMARTS) is 1. The lowest BCUT2D eigenvalue weighted by molar-refractivity contribution is -0.142. The maximum Gasteiger partial charge on any atom is 0.308 e. The molecular formula is C15H23NO4. The second-order valence-electron chi connectivity index (χ2n) is 4.74. The Kier molecular flexibility index (Phi) is 6.31. The summed E-state index contributed by atoms with van der Waals surface area (Å²) < 4.78 is 10.4. The van der Waals surface area contributed by atoms with E-state index in [2.05, 4.69) is 0 Å². The molecule has 112 valence electrons. The fourth-order valence-electron chi connectivity index (χ4n) is 2.23. The van der Waals surface area contributed by atoms with Crippen LogP contribution in [0.2, 0.25) is 0 Å². The van der Waals surface area contributed by atoms with E-state index in [1.807, 2.05) is 25.1 Å². The average Bonchev–Trinajstić information content (AvgIpc) is 2.45. The predicted octanol–water partition coefficient (Wildman–Crippen LogP) is 2.07. The van der Waals surface area contributed by atoms with E-state index in [4.69, 9.17) is 20.3 Å². The number of ether oxygens (including phenoxy) is 2. The number of carbonyl (C=O) groups is 1. The first-order chi connectivity index (χ1) is 9.53. The Hall–Kier alpha value is -1.75. The van der Waals surface area contributed by atoms with Gasteiger partial charge >= 0.3 is 5.97 Å². The van der Waals surface area contributed by atoms with Crippen LogP contribution < -0.4 is 15.2 Å². The molecule has 0 bridgehead atoms. The van der Waals surface area contributed by atoms with Gasteiger partial charge in [-0.05, 0) is 37.0 Å². The second-order valence-corrected chi connectivity index (χ2v) is 4.74. The van der Waals surface area contributed by atoms with E-state index in [0.29, 0.717) is 30.8 Å². The number of aliphatic carboxylic acids is 1. The molecule has 0 saturated heterocycles. The van der Waals surface area contributed by atoms with Crippen molar-refractivity contribution in [3.8, 4) is 11.5 Å². The smallest absolute Gasteiger partial charge is 0.308 e. The van der Waals surface area contributed by atoms with Crippen molar-refractivity contribution in [2.75, 3.05) is 14.2 Å². The Morgan fingerprint density at radius 1 is 1.30 bits per heavy atom. The molecule has 2 atom stereocenters. The van der Waals surface area contributed by atoms with Crippen molar-refractivity contribution in [2.45, 2.75) is 32.2 Å². The van der Waals surface area contributed by atoms with Gasteiger partial charge in [0.2, 0.25) is 0 Å². The molecule has 1 aromatic carbocycles. The summed E-state index contributed by atoms with van der Waals surface area (Å²) in [6.07, 6.45) is 1.88. The van der Waals surface area contributed by atoms with Crippen LogP contribution in [-0.4, -0.2) is 31.3 Å². The van der Waals surface area contributed by atoms with Crippen LogP contribution in [0.5, 0.6) is 11.5 Å². The monoisotopic (exact) mass is 281 g/mol. The van der Waals surface area contributed by atoms with Gasteiger partial charge in [-0.1, -0.05) is 13.0 Å². The lowest BCUT2D eigenvalue weighted by atomic mass is 9.92. The number of benzene rings is 1. The zero-order chi connectivity index (χ0) is 15.1. The minimum Gasteiger partial charge on any atom is -0.493 e. The van der Waals surface area contributed by atoms with Crippen molar-refractivity contribution in [3.05, 3.63) is 23.8 Å². The van der Waals surface area contributed by atoms with Gasteiger partial charge in [-0.3, -0.25) is 4.79 Å². The summed E-state index contributed by atoms with van der Waals surface area (Å²) in [5, 5.41) is 9.07. The SMILES string of the molecule is CCC(C(=O)O)[C@H](N)CCc1ccc(OC)c(OC)c1. The molecular weight excluding hydrogens is 258 g/mol. The molecule has 5 nitrogen and oxygen atoms in total. The Morgan fingerprint density at radius 2 is 1.95 bits per heavy atom. The van der Waals surface area contributed by atoms with E-state index in [0.717, 1.165) is 5.56 Å². The highest BCUT2D eigenvalue weighted by atomic mass is 16.5. The Bertz CT molecular complexity index is 447. The van der Waals surface area contributed by atoms with Gasteiger partial charge < -0.3 is 20.3 Å². The highest BCUT2D eigenvalue weighted by molar-refractivity contribution is 5.70. The van der Waals surface area contributed by atoms with Crippen LogP contribution in [0.3, 0.4) is 0 Å². The van der Waals surface area contributed by atoms with E-state index in [9.17, 15) is 4.79 Å². The Balaban J connectivity index is 2.68. The summed E-state index contributed by atoms with van der Waals surface area (Å²) in [7, 11) is 3.18. The molecule has 0 aliphatic rings. The summed E-state index contributed by atoms with van der Waals surface area (Å²) in [5.41, 5.74) is 7.02. The zero-order valence-corrected chi connectivity index (χ0v) is 12.3. The van der Waals surface area contributed by atoms with Crippen LogP contribution >= 0.6 is 0 Å². The van der Waals surface area contributed by atoms with Crippen molar-refractivity contribution in [3.63, 3.8) is 0 Å². The molecule has 5 heteroatoms. The van der Waals surface area contributed by atoms with Crippen LogP contribution in [0.4, 0.5) is 0 Å². The fraction of sp³-hybridized carbons (Fsp3) is 0.533. The molecule has 0 aliphatic heterocycles. The minimum absolute atomic E-state index is 0.342. The largest absolute Gasteiger partial charge is 0.493 e. The molecule has 1 unspecified atom stereocenters. The molecule has 0 radical (unpaired) electrons. The zero-order valence-electron chi connectivity index (χ0n) is 12.3. The van der Waals surface area contributed by atoms with E-state index >= 15 is 0 Å². The van der Waals surface area contributed by atoms with Gasteiger partial charge in [0.05, 0.1) is 20.1 Å². The van der Waals surface area contributed by atoms with Gasteiger partial charge in [-0.15, -0.1) is 0 Å². The van der Waals surface area contributed by atoms with Gasteiger partial charge in [0.25, 0.3) is 0 Å². The van der Waals surface area contributed by atoms with E-state index in [1.54, 1.807) is 14.2 Å². The highest BCUT2D eigenvalue weighted by Crippen LogP contribution is 2.28. The summed E-state index contributed by atoms with van der Waals surface area (Å²) in [6.45, 7) is 1.84. The van der Waals surface area contributed by atoms with Gasteiger partial charge in [-0.2, -0.15) is 0 Å². The van der Waals surface area contributed by atoms with Crippen LogP contribution in [-0.2, 0) is 11.2 Å². The molecule has 0 saturated carbocycles. The number of aryl methyl sites for hydroxylation is 1. The summed E-state index contributed by atoms with van der Waals surface area (Å²) >= 11 is 0. The molecule has 0 amide bonds. The summed E-state index contributed by atoms with van der Waals surface area (Å²) in [5.74, 6) is 0.0313. The van der Waals surface area contributed by atoms with Crippen molar-refractivity contribution in [1.29, 1.82) is 0 Å². The number of methoxy groups -OCH3 is 2. The van der Waals surface area contributed by atoms with Gasteiger partial charge in [0.1, 0.15) is 0 Å². The normalized spacial score (nSPS) is 13.6. The van der Waals surface area contributed by atoms with Crippen molar-refractivity contribution < 1.29 is 19.4 Å². The van der Waals surface area contributed by atoms with Crippen LogP contribution in [0.25, 0.3) is 0 Å². The third-order valence-corrected chi connectivity index (χ3v) is 3.49. The molecule has 1 rings (SSSR count). The first-order valence-electron chi connectivity index (χ1n) is 6.72.